The molecular formula is C23H27ClF3N3O4S. The van der Waals surface area contributed by atoms with Crippen molar-refractivity contribution < 1.29 is 31.5 Å². The number of nitrogens with one attached hydrogen (secondary N) is 1. The Hall–Kier alpha value is -2.21. The van der Waals surface area contributed by atoms with Gasteiger partial charge < -0.3 is 10.4 Å². The van der Waals surface area contributed by atoms with E-state index in [4.69, 9.17) is 16.7 Å². The maximum absolute atomic E-state index is 13.5. The zero-order valence-electron chi connectivity index (χ0n) is 19.0. The lowest BCUT2D eigenvalue weighted by molar-refractivity contribution is -0.185. The molecule has 1 aliphatic rings. The molecule has 1 amide bonds. The van der Waals surface area contributed by atoms with Crippen LogP contribution in [-0.4, -0.2) is 53.6 Å². The number of carbonyl (C=O) groups is 1. The van der Waals surface area contributed by atoms with E-state index in [1.165, 1.54) is 24.3 Å². The normalized spacial score (nSPS) is 20.0. The smallest absolute Gasteiger partial charge is 0.391 e. The number of benzene rings is 1. The summed E-state index contributed by atoms with van der Waals surface area (Å²) in [6.45, 7) is 1.24. The molecular weight excluding hydrogens is 507 g/mol. The van der Waals surface area contributed by atoms with Crippen LogP contribution in [0.3, 0.4) is 0 Å². The first-order valence-electron chi connectivity index (χ1n) is 11.1. The van der Waals surface area contributed by atoms with Gasteiger partial charge in [-0.2, -0.15) is 17.5 Å². The number of aliphatic hydroxyl groups excluding tert-OH is 1. The molecule has 3 atom stereocenters. The van der Waals surface area contributed by atoms with E-state index in [1.807, 2.05) is 0 Å². The molecule has 1 aromatic carbocycles. The molecule has 192 valence electrons. The van der Waals surface area contributed by atoms with E-state index in [2.05, 4.69) is 10.3 Å². The highest BCUT2D eigenvalue weighted by Crippen LogP contribution is 2.40. The van der Waals surface area contributed by atoms with Crippen molar-refractivity contribution in [3.8, 4) is 0 Å². The molecule has 0 spiro atoms. The maximum Gasteiger partial charge on any atom is 0.391 e. The number of rotatable bonds is 8. The number of amides is 1. The minimum atomic E-state index is -4.41. The maximum atomic E-state index is 13.5. The minimum Gasteiger partial charge on any atom is -0.394 e. The van der Waals surface area contributed by atoms with Crippen LogP contribution < -0.4 is 5.32 Å². The van der Waals surface area contributed by atoms with Crippen LogP contribution in [0.4, 0.5) is 13.2 Å². The summed E-state index contributed by atoms with van der Waals surface area (Å²) in [6.07, 6.45) is -3.13. The van der Waals surface area contributed by atoms with E-state index in [-0.39, 0.29) is 42.5 Å². The van der Waals surface area contributed by atoms with E-state index >= 15 is 0 Å². The Morgan fingerprint density at radius 3 is 2.49 bits per heavy atom. The Morgan fingerprint density at radius 2 is 1.91 bits per heavy atom. The number of aromatic nitrogens is 1. The van der Waals surface area contributed by atoms with Crippen molar-refractivity contribution in [1.29, 1.82) is 0 Å². The van der Waals surface area contributed by atoms with Gasteiger partial charge >= 0.3 is 6.18 Å². The third-order valence-corrected chi connectivity index (χ3v) is 8.13. The number of carbonyl (C=O) groups excluding carboxylic acids is 1. The van der Waals surface area contributed by atoms with E-state index in [0.29, 0.717) is 17.5 Å². The first kappa shape index (κ1) is 27.4. The topological polar surface area (TPSA) is 99.6 Å². The average molecular weight is 534 g/mol. The van der Waals surface area contributed by atoms with Gasteiger partial charge in [0.15, 0.2) is 0 Å². The van der Waals surface area contributed by atoms with E-state index in [1.54, 1.807) is 19.1 Å². The van der Waals surface area contributed by atoms with Crippen molar-refractivity contribution in [1.82, 2.24) is 14.6 Å². The van der Waals surface area contributed by atoms with Crippen molar-refractivity contribution in [3.05, 3.63) is 58.9 Å². The average Bonchev–Trinajstić information content (AvgIpc) is 2.82. The second kappa shape index (κ2) is 11.2. The summed E-state index contributed by atoms with van der Waals surface area (Å²) >= 11 is 5.78. The van der Waals surface area contributed by atoms with Gasteiger partial charge in [-0.3, -0.25) is 4.79 Å². The fraction of sp³-hybridized carbons (Fsp3) is 0.478. The summed E-state index contributed by atoms with van der Waals surface area (Å²) in [5.41, 5.74) is 0.816. The number of nitrogens with zero attached hydrogens (tertiary/aromatic N) is 2. The van der Waals surface area contributed by atoms with Crippen molar-refractivity contribution in [3.63, 3.8) is 0 Å². The number of aliphatic hydroxyl groups is 1. The Balaban J connectivity index is 1.90. The van der Waals surface area contributed by atoms with Crippen LogP contribution >= 0.6 is 11.6 Å². The van der Waals surface area contributed by atoms with Gasteiger partial charge in [-0.25, -0.2) is 13.4 Å². The standard InChI is InChI=1S/C23H27ClF3N3O4S/c1-15(14-31)29-22(32)17-7-5-16(6-8-17)13-30(19-4-2-3-18(11-19)23(25,26)27)35(33,34)20-9-10-21(24)28-12-20/h5-10,12,15,18-19,31H,2-4,11,13-14H2,1H3,(H,29,32)/t15?,18?,19-/m1/s1. The van der Waals surface area contributed by atoms with Gasteiger partial charge in [0.1, 0.15) is 10.0 Å². The lowest BCUT2D eigenvalue weighted by Gasteiger charge is -2.37. The van der Waals surface area contributed by atoms with Gasteiger partial charge in [0, 0.05) is 30.4 Å². The third-order valence-electron chi connectivity index (χ3n) is 6.03. The Labute approximate surface area is 207 Å². The third kappa shape index (κ3) is 6.93. The minimum absolute atomic E-state index is 0.0353. The van der Waals surface area contributed by atoms with Crippen molar-refractivity contribution in [2.75, 3.05) is 6.61 Å². The summed E-state index contributed by atoms with van der Waals surface area (Å²) < 4.78 is 68.5. The van der Waals surface area contributed by atoms with E-state index < -0.39 is 40.1 Å². The largest absolute Gasteiger partial charge is 0.394 e. The summed E-state index contributed by atoms with van der Waals surface area (Å²) in [5.74, 6) is -1.99. The van der Waals surface area contributed by atoms with Gasteiger partial charge in [-0.1, -0.05) is 30.2 Å². The molecule has 0 bridgehead atoms. The van der Waals surface area contributed by atoms with Gasteiger partial charge in [-0.05, 0) is 56.0 Å². The lowest BCUT2D eigenvalue weighted by Crippen LogP contribution is -2.44. The first-order chi connectivity index (χ1) is 16.4. The summed E-state index contributed by atoms with van der Waals surface area (Å²) in [6, 6.07) is 7.42. The summed E-state index contributed by atoms with van der Waals surface area (Å²) in [4.78, 5) is 15.9. The molecule has 2 unspecified atom stereocenters. The number of hydrogen-bond donors (Lipinski definition) is 2. The Bertz CT molecular complexity index is 1110. The Kier molecular flexibility index (Phi) is 8.79. The molecule has 3 rings (SSSR count). The molecule has 1 heterocycles. The summed E-state index contributed by atoms with van der Waals surface area (Å²) in [7, 11) is -4.19. The monoisotopic (exact) mass is 533 g/mol. The molecule has 2 N–H and O–H groups in total. The molecule has 1 aliphatic carbocycles. The fourth-order valence-corrected chi connectivity index (χ4v) is 5.79. The molecule has 0 radical (unpaired) electrons. The molecule has 35 heavy (non-hydrogen) atoms. The zero-order chi connectivity index (χ0) is 25.8. The molecule has 1 saturated carbocycles. The molecule has 0 aliphatic heterocycles. The molecule has 1 aromatic heterocycles. The van der Waals surface area contributed by atoms with Crippen molar-refractivity contribution in [2.45, 2.75) is 62.3 Å². The SMILES string of the molecule is CC(CO)NC(=O)c1ccc(CN([C@@H]2CCCC(C(F)(F)F)C2)S(=O)(=O)c2ccc(Cl)nc2)cc1. The molecule has 2 aromatic rings. The second-order valence-corrected chi connectivity index (χ2v) is 11.0. The van der Waals surface area contributed by atoms with Gasteiger partial charge in [0.2, 0.25) is 10.0 Å². The highest BCUT2D eigenvalue weighted by Gasteiger charge is 2.45. The molecule has 1 fully saturated rings. The van der Waals surface area contributed by atoms with Gasteiger partial charge in [-0.15, -0.1) is 0 Å². The van der Waals surface area contributed by atoms with Crippen LogP contribution in [-0.2, 0) is 16.6 Å². The number of pyridine rings is 1. The second-order valence-electron chi connectivity index (χ2n) is 8.68. The molecule has 7 nitrogen and oxygen atoms in total. The van der Waals surface area contributed by atoms with Crippen molar-refractivity contribution in [2.24, 2.45) is 5.92 Å². The first-order valence-corrected chi connectivity index (χ1v) is 12.9. The molecule has 0 saturated heterocycles. The Morgan fingerprint density at radius 1 is 1.23 bits per heavy atom. The van der Waals surface area contributed by atoms with E-state index in [9.17, 15) is 26.4 Å². The van der Waals surface area contributed by atoms with Crippen LogP contribution in [0.1, 0.15) is 48.5 Å². The number of halogens is 4. The predicted molar refractivity (Wildman–Crippen MR) is 124 cm³/mol. The number of sulfonamides is 1. The van der Waals surface area contributed by atoms with Crippen LogP contribution in [0.25, 0.3) is 0 Å². The number of alkyl halides is 3. The fourth-order valence-electron chi connectivity index (χ4n) is 4.08. The number of hydrogen-bond acceptors (Lipinski definition) is 5. The highest BCUT2D eigenvalue weighted by molar-refractivity contribution is 7.89. The van der Waals surface area contributed by atoms with Crippen LogP contribution in [0, 0.1) is 5.92 Å². The molecule has 12 heteroatoms. The summed E-state index contributed by atoms with van der Waals surface area (Å²) in [5, 5.41) is 11.8. The van der Waals surface area contributed by atoms with Crippen LogP contribution in [0.2, 0.25) is 5.15 Å². The van der Waals surface area contributed by atoms with Crippen molar-refractivity contribution >= 4 is 27.5 Å². The lowest BCUT2D eigenvalue weighted by atomic mass is 9.85. The van der Waals surface area contributed by atoms with Gasteiger partial charge in [0.05, 0.1) is 12.5 Å². The van der Waals surface area contributed by atoms with E-state index in [0.717, 1.165) is 10.5 Å². The van der Waals surface area contributed by atoms with Crippen LogP contribution in [0.15, 0.2) is 47.5 Å². The quantitative estimate of drug-likeness (QED) is 0.496. The highest BCUT2D eigenvalue weighted by atomic mass is 35.5. The predicted octanol–water partition coefficient (Wildman–Crippen LogP) is 4.16. The van der Waals surface area contributed by atoms with Crippen LogP contribution in [0.5, 0.6) is 0 Å². The van der Waals surface area contributed by atoms with Gasteiger partial charge in [0.25, 0.3) is 5.91 Å². The zero-order valence-corrected chi connectivity index (χ0v) is 20.6.